The Hall–Kier alpha value is -2.80. The summed E-state index contributed by atoms with van der Waals surface area (Å²) in [6.45, 7) is 0. The van der Waals surface area contributed by atoms with Crippen molar-refractivity contribution in [1.82, 2.24) is 15.8 Å². The molecule has 7 nitrogen and oxygen atoms in total. The fraction of sp³-hybridized carbons (Fsp3) is 0.0769. The van der Waals surface area contributed by atoms with E-state index in [9.17, 15) is 0 Å². The molecule has 102 valence electrons. The van der Waals surface area contributed by atoms with Gasteiger partial charge in [-0.2, -0.15) is 5.43 Å². The maximum absolute atomic E-state index is 5.68. The molecule has 3 rings (SSSR count). The third kappa shape index (κ3) is 2.96. The maximum Gasteiger partial charge on any atom is 0.206 e. The minimum atomic E-state index is -0.276. The fourth-order valence-corrected chi connectivity index (χ4v) is 1.73. The predicted octanol–water partition coefficient (Wildman–Crippen LogP) is 0.992. The summed E-state index contributed by atoms with van der Waals surface area (Å²) in [6, 6.07) is 11.2. The Morgan fingerprint density at radius 3 is 2.40 bits per heavy atom. The molecule has 0 spiro atoms. The van der Waals surface area contributed by atoms with Gasteiger partial charge in [-0.3, -0.25) is 10.4 Å². The molecule has 20 heavy (non-hydrogen) atoms. The van der Waals surface area contributed by atoms with Crippen LogP contribution < -0.4 is 26.6 Å². The molecule has 1 aliphatic rings. The zero-order valence-corrected chi connectivity index (χ0v) is 10.6. The Labute approximate surface area is 115 Å². The number of benzene rings is 1. The fourth-order valence-electron chi connectivity index (χ4n) is 1.73. The highest BCUT2D eigenvalue weighted by molar-refractivity contribution is 5.79. The van der Waals surface area contributed by atoms with Crippen LogP contribution in [0.5, 0.6) is 11.5 Å². The number of ether oxygens (including phenoxy) is 1. The molecule has 0 fully saturated rings. The van der Waals surface area contributed by atoms with Crippen LogP contribution in [0.4, 0.5) is 5.69 Å². The molecule has 0 aliphatic carbocycles. The number of hydrogen-bond acceptors (Lipinski definition) is 7. The van der Waals surface area contributed by atoms with Gasteiger partial charge in [-0.05, 0) is 36.4 Å². The molecule has 7 heteroatoms. The lowest BCUT2D eigenvalue weighted by atomic mass is 10.3. The van der Waals surface area contributed by atoms with Gasteiger partial charge in [-0.15, -0.1) is 0 Å². The number of pyridine rings is 1. The number of rotatable bonds is 4. The van der Waals surface area contributed by atoms with Crippen molar-refractivity contribution in [3.05, 3.63) is 48.8 Å². The van der Waals surface area contributed by atoms with Crippen LogP contribution in [0.15, 0.2) is 53.8 Å². The molecule has 1 aromatic carbocycles. The van der Waals surface area contributed by atoms with Gasteiger partial charge in [0.2, 0.25) is 5.96 Å². The first-order valence-corrected chi connectivity index (χ1v) is 6.09. The molecule has 0 amide bonds. The summed E-state index contributed by atoms with van der Waals surface area (Å²) >= 11 is 0. The molecule has 2 aromatic rings. The number of anilines is 1. The van der Waals surface area contributed by atoms with Crippen LogP contribution in [0.25, 0.3) is 0 Å². The van der Waals surface area contributed by atoms with E-state index in [1.54, 1.807) is 24.5 Å². The van der Waals surface area contributed by atoms with Crippen LogP contribution in [-0.2, 0) is 0 Å². The highest BCUT2D eigenvalue weighted by atomic mass is 16.5. The van der Waals surface area contributed by atoms with Crippen molar-refractivity contribution in [3.8, 4) is 11.5 Å². The van der Waals surface area contributed by atoms with Crippen LogP contribution >= 0.6 is 0 Å². The van der Waals surface area contributed by atoms with Crippen LogP contribution in [0.3, 0.4) is 0 Å². The maximum atomic E-state index is 5.68. The average Bonchev–Trinajstić information content (AvgIpc) is 2.88. The number of hydrogen-bond donors (Lipinski definition) is 4. The Bertz CT molecular complexity index is 598. The van der Waals surface area contributed by atoms with Gasteiger partial charge in [0.05, 0.1) is 0 Å². The van der Waals surface area contributed by atoms with E-state index in [0.29, 0.717) is 5.96 Å². The second-order valence-corrected chi connectivity index (χ2v) is 4.14. The molecule has 0 saturated carbocycles. The minimum absolute atomic E-state index is 0.276. The van der Waals surface area contributed by atoms with E-state index in [1.807, 2.05) is 24.3 Å². The second kappa shape index (κ2) is 5.45. The van der Waals surface area contributed by atoms with Crippen molar-refractivity contribution in [3.63, 3.8) is 0 Å². The summed E-state index contributed by atoms with van der Waals surface area (Å²) in [4.78, 5) is 8.04. The monoisotopic (exact) mass is 270 g/mol. The first kappa shape index (κ1) is 12.2. The summed E-state index contributed by atoms with van der Waals surface area (Å²) in [5.74, 6) is 1.86. The van der Waals surface area contributed by atoms with E-state index in [4.69, 9.17) is 10.5 Å². The molecule has 1 aliphatic heterocycles. The van der Waals surface area contributed by atoms with Gasteiger partial charge < -0.3 is 15.8 Å². The summed E-state index contributed by atoms with van der Waals surface area (Å²) in [7, 11) is 0. The topological polar surface area (TPSA) is 96.6 Å². The number of guanidine groups is 1. The Morgan fingerprint density at radius 1 is 1.05 bits per heavy atom. The van der Waals surface area contributed by atoms with Gasteiger partial charge in [0.1, 0.15) is 11.5 Å². The zero-order valence-electron chi connectivity index (χ0n) is 10.6. The number of nitrogens with one attached hydrogen (secondary N) is 3. The van der Waals surface area contributed by atoms with E-state index >= 15 is 0 Å². The van der Waals surface area contributed by atoms with Crippen LogP contribution in [0, 0.1) is 0 Å². The van der Waals surface area contributed by atoms with Crippen molar-refractivity contribution >= 4 is 11.6 Å². The van der Waals surface area contributed by atoms with E-state index < -0.39 is 0 Å². The molecular formula is C13H14N6O. The largest absolute Gasteiger partial charge is 0.457 e. The summed E-state index contributed by atoms with van der Waals surface area (Å²) in [5, 5.41) is 3.16. The van der Waals surface area contributed by atoms with Crippen LogP contribution in [0.1, 0.15) is 0 Å². The van der Waals surface area contributed by atoms with Gasteiger partial charge in [0.15, 0.2) is 6.29 Å². The lowest BCUT2D eigenvalue weighted by Crippen LogP contribution is -2.40. The van der Waals surface area contributed by atoms with Gasteiger partial charge in [-0.25, -0.2) is 4.99 Å². The Kier molecular flexibility index (Phi) is 3.34. The van der Waals surface area contributed by atoms with Crippen molar-refractivity contribution < 1.29 is 4.74 Å². The molecule has 5 N–H and O–H groups in total. The quantitative estimate of drug-likeness (QED) is 0.661. The normalized spacial score (nSPS) is 17.2. The number of nitrogens with two attached hydrogens (primary N) is 1. The molecule has 1 aromatic heterocycles. The summed E-state index contributed by atoms with van der Waals surface area (Å²) in [6.07, 6.45) is 3.10. The summed E-state index contributed by atoms with van der Waals surface area (Å²) in [5.41, 5.74) is 12.0. The SMILES string of the molecule is NC1=NC(Nc2ccc(Oc3ccncc3)cc2)NN1. The van der Waals surface area contributed by atoms with Crippen molar-refractivity contribution in [2.45, 2.75) is 6.29 Å². The third-order valence-corrected chi connectivity index (χ3v) is 2.65. The number of aromatic nitrogens is 1. The number of nitrogens with zero attached hydrogens (tertiary/aromatic N) is 2. The lowest BCUT2D eigenvalue weighted by Gasteiger charge is -2.12. The number of aliphatic imine (C=N–C) groups is 1. The van der Waals surface area contributed by atoms with E-state index in [-0.39, 0.29) is 6.29 Å². The third-order valence-electron chi connectivity index (χ3n) is 2.65. The minimum Gasteiger partial charge on any atom is -0.457 e. The average molecular weight is 270 g/mol. The van der Waals surface area contributed by atoms with Crippen molar-refractivity contribution in [1.29, 1.82) is 0 Å². The first-order chi connectivity index (χ1) is 9.79. The number of hydrazine groups is 1. The predicted molar refractivity (Wildman–Crippen MR) is 76.1 cm³/mol. The first-order valence-electron chi connectivity index (χ1n) is 6.09. The molecule has 2 heterocycles. The highest BCUT2D eigenvalue weighted by Gasteiger charge is 2.12. The second-order valence-electron chi connectivity index (χ2n) is 4.14. The Morgan fingerprint density at radius 2 is 1.75 bits per heavy atom. The van der Waals surface area contributed by atoms with E-state index in [1.165, 1.54) is 0 Å². The lowest BCUT2D eigenvalue weighted by molar-refractivity contribution is 0.482. The molecule has 0 saturated heterocycles. The zero-order chi connectivity index (χ0) is 13.8. The van der Waals surface area contributed by atoms with Crippen molar-refractivity contribution in [2.24, 2.45) is 10.7 Å². The van der Waals surface area contributed by atoms with Gasteiger partial charge in [0, 0.05) is 18.1 Å². The molecule has 0 radical (unpaired) electrons. The molecule has 1 atom stereocenters. The van der Waals surface area contributed by atoms with E-state index in [0.717, 1.165) is 17.2 Å². The van der Waals surface area contributed by atoms with Crippen LogP contribution in [-0.4, -0.2) is 17.2 Å². The Balaban J connectivity index is 1.63. The standard InChI is InChI=1S/C13H14N6O/c14-12-17-13(19-18-12)16-9-1-3-10(4-2-9)20-11-5-7-15-8-6-11/h1-8,13,16,19H,(H3,14,17,18). The van der Waals surface area contributed by atoms with Gasteiger partial charge >= 0.3 is 0 Å². The van der Waals surface area contributed by atoms with E-state index in [2.05, 4.69) is 26.1 Å². The van der Waals surface area contributed by atoms with Crippen molar-refractivity contribution in [2.75, 3.05) is 5.32 Å². The molecule has 0 bridgehead atoms. The highest BCUT2D eigenvalue weighted by Crippen LogP contribution is 2.22. The van der Waals surface area contributed by atoms with Crippen LogP contribution in [0.2, 0.25) is 0 Å². The van der Waals surface area contributed by atoms with Gasteiger partial charge in [-0.1, -0.05) is 0 Å². The van der Waals surface area contributed by atoms with Gasteiger partial charge in [0.25, 0.3) is 0 Å². The smallest absolute Gasteiger partial charge is 0.206 e. The summed E-state index contributed by atoms with van der Waals surface area (Å²) < 4.78 is 5.68. The molecular weight excluding hydrogens is 256 g/mol. The molecule has 1 unspecified atom stereocenters.